The fourth-order valence-corrected chi connectivity index (χ4v) is 3.03. The molecule has 1 atom stereocenters. The Kier molecular flexibility index (Phi) is 4.96. The van der Waals surface area contributed by atoms with E-state index in [1.54, 1.807) is 6.07 Å². The van der Waals surface area contributed by atoms with Crippen LogP contribution >= 0.6 is 0 Å². The zero-order chi connectivity index (χ0) is 18.0. The molecule has 0 radical (unpaired) electrons. The lowest BCUT2D eigenvalue weighted by molar-refractivity contribution is -0.384. The molecule has 2 aromatic rings. The molecule has 132 valence electrons. The van der Waals surface area contributed by atoms with Crippen molar-refractivity contribution >= 4 is 11.4 Å². The van der Waals surface area contributed by atoms with Gasteiger partial charge in [-0.1, -0.05) is 12.1 Å². The number of hydrogen-bond donors (Lipinski definition) is 1. The van der Waals surface area contributed by atoms with Gasteiger partial charge in [0.25, 0.3) is 5.69 Å². The average Bonchev–Trinajstić information content (AvgIpc) is 2.62. The molecule has 3 rings (SSSR count). The van der Waals surface area contributed by atoms with E-state index >= 15 is 0 Å². The highest BCUT2D eigenvalue weighted by molar-refractivity contribution is 5.60. The van der Waals surface area contributed by atoms with Gasteiger partial charge in [-0.25, -0.2) is 4.39 Å². The van der Waals surface area contributed by atoms with E-state index in [4.69, 9.17) is 0 Å². The van der Waals surface area contributed by atoms with Crippen molar-refractivity contribution in [2.75, 3.05) is 38.1 Å². The van der Waals surface area contributed by atoms with Gasteiger partial charge in [0, 0.05) is 49.6 Å². The third kappa shape index (κ3) is 3.78. The molecule has 1 heterocycles. The van der Waals surface area contributed by atoms with Gasteiger partial charge in [-0.15, -0.1) is 0 Å². The van der Waals surface area contributed by atoms with Crippen LogP contribution in [0.5, 0.6) is 0 Å². The number of nitro groups is 1. The number of halogens is 1. The number of nitro benzene ring substituents is 1. The largest absolute Gasteiger partial charge is 0.384 e. The summed E-state index contributed by atoms with van der Waals surface area (Å²) in [5.74, 6) is -0.394. The first kappa shape index (κ1) is 17.3. The van der Waals surface area contributed by atoms with Crippen molar-refractivity contribution in [3.63, 3.8) is 0 Å². The summed E-state index contributed by atoms with van der Waals surface area (Å²) in [5.41, 5.74) is 1.66. The van der Waals surface area contributed by atoms with Crippen LogP contribution in [-0.4, -0.2) is 48.2 Å². The third-order valence-corrected chi connectivity index (χ3v) is 4.55. The molecule has 25 heavy (non-hydrogen) atoms. The zero-order valence-corrected chi connectivity index (χ0v) is 13.9. The second-order valence-corrected chi connectivity index (χ2v) is 6.24. The van der Waals surface area contributed by atoms with Gasteiger partial charge in [0.1, 0.15) is 11.9 Å². The van der Waals surface area contributed by atoms with Crippen LogP contribution < -0.4 is 4.90 Å². The molecule has 0 aliphatic carbocycles. The number of aliphatic hydroxyl groups is 1. The highest BCUT2D eigenvalue weighted by atomic mass is 19.1. The number of rotatable bonds is 4. The summed E-state index contributed by atoms with van der Waals surface area (Å²) in [5, 5.41) is 21.9. The van der Waals surface area contributed by atoms with Crippen LogP contribution in [0.2, 0.25) is 0 Å². The zero-order valence-electron chi connectivity index (χ0n) is 13.9. The first-order chi connectivity index (χ1) is 12.0. The Morgan fingerprint density at radius 3 is 2.36 bits per heavy atom. The van der Waals surface area contributed by atoms with Crippen LogP contribution in [0.1, 0.15) is 17.2 Å². The van der Waals surface area contributed by atoms with Crippen molar-refractivity contribution in [1.29, 1.82) is 0 Å². The van der Waals surface area contributed by atoms with Gasteiger partial charge < -0.3 is 14.9 Å². The van der Waals surface area contributed by atoms with E-state index in [-0.39, 0.29) is 5.69 Å². The maximum Gasteiger partial charge on any atom is 0.269 e. The minimum atomic E-state index is -1.06. The summed E-state index contributed by atoms with van der Waals surface area (Å²) in [7, 11) is 2.04. The summed E-state index contributed by atoms with van der Waals surface area (Å²) in [6.45, 7) is 3.31. The summed E-state index contributed by atoms with van der Waals surface area (Å²) in [6, 6.07) is 10.1. The quantitative estimate of drug-likeness (QED) is 0.681. The van der Waals surface area contributed by atoms with E-state index in [1.807, 2.05) is 7.05 Å². The summed E-state index contributed by atoms with van der Waals surface area (Å²) < 4.78 is 13.1. The Bertz CT molecular complexity index is 759. The van der Waals surface area contributed by atoms with Crippen LogP contribution in [-0.2, 0) is 0 Å². The summed E-state index contributed by atoms with van der Waals surface area (Å²) in [4.78, 5) is 15.0. The maximum absolute atomic E-state index is 13.1. The molecule has 0 saturated carbocycles. The number of nitrogens with zero attached hydrogens (tertiary/aromatic N) is 3. The minimum absolute atomic E-state index is 0.0750. The Balaban J connectivity index is 2.00. The SMILES string of the molecule is CN1CCN(c2ccc([N+](=O)[O-])cc2C(O)c2ccc(F)cc2)CC1. The molecule has 1 aliphatic rings. The van der Waals surface area contributed by atoms with Crippen molar-refractivity contribution in [1.82, 2.24) is 4.90 Å². The van der Waals surface area contributed by atoms with E-state index in [2.05, 4.69) is 9.80 Å². The van der Waals surface area contributed by atoms with Crippen LogP contribution in [0.3, 0.4) is 0 Å². The van der Waals surface area contributed by atoms with E-state index < -0.39 is 16.8 Å². The van der Waals surface area contributed by atoms with Crippen LogP contribution in [0.4, 0.5) is 15.8 Å². The molecular weight excluding hydrogens is 325 g/mol. The molecule has 0 amide bonds. The van der Waals surface area contributed by atoms with Crippen molar-refractivity contribution in [2.45, 2.75) is 6.10 Å². The van der Waals surface area contributed by atoms with Gasteiger partial charge in [-0.3, -0.25) is 10.1 Å². The normalized spacial score (nSPS) is 16.7. The predicted molar refractivity (Wildman–Crippen MR) is 93.3 cm³/mol. The highest BCUT2D eigenvalue weighted by Crippen LogP contribution is 2.34. The number of benzene rings is 2. The molecule has 6 nitrogen and oxygen atoms in total. The summed E-state index contributed by atoms with van der Waals surface area (Å²) >= 11 is 0. The molecule has 1 unspecified atom stereocenters. The molecule has 1 fully saturated rings. The topological polar surface area (TPSA) is 69.9 Å². The maximum atomic E-state index is 13.1. The van der Waals surface area contributed by atoms with E-state index in [0.717, 1.165) is 31.9 Å². The Hall–Kier alpha value is -2.51. The molecule has 1 saturated heterocycles. The second-order valence-electron chi connectivity index (χ2n) is 6.24. The molecule has 1 aliphatic heterocycles. The Morgan fingerprint density at radius 2 is 1.76 bits per heavy atom. The molecule has 0 aromatic heterocycles. The van der Waals surface area contributed by atoms with Gasteiger partial charge in [-0.05, 0) is 30.8 Å². The number of anilines is 1. The van der Waals surface area contributed by atoms with Crippen molar-refractivity contribution in [3.05, 3.63) is 69.5 Å². The van der Waals surface area contributed by atoms with Crippen LogP contribution in [0, 0.1) is 15.9 Å². The van der Waals surface area contributed by atoms with E-state index in [1.165, 1.54) is 36.4 Å². The minimum Gasteiger partial charge on any atom is -0.384 e. The fourth-order valence-electron chi connectivity index (χ4n) is 3.03. The van der Waals surface area contributed by atoms with Crippen LogP contribution in [0.25, 0.3) is 0 Å². The number of likely N-dealkylation sites (N-methyl/N-ethyl adjacent to an activating group) is 1. The lowest BCUT2D eigenvalue weighted by Crippen LogP contribution is -2.44. The average molecular weight is 345 g/mol. The van der Waals surface area contributed by atoms with E-state index in [9.17, 15) is 19.6 Å². The summed E-state index contributed by atoms with van der Waals surface area (Å²) in [6.07, 6.45) is -1.06. The molecule has 7 heteroatoms. The lowest BCUT2D eigenvalue weighted by atomic mass is 9.98. The molecule has 0 bridgehead atoms. The molecular formula is C18H20FN3O3. The van der Waals surface area contributed by atoms with Gasteiger partial charge in [0.15, 0.2) is 0 Å². The van der Waals surface area contributed by atoms with E-state index in [0.29, 0.717) is 11.1 Å². The van der Waals surface area contributed by atoms with Crippen molar-refractivity contribution < 1.29 is 14.4 Å². The Labute approximate surface area is 145 Å². The standard InChI is InChI=1S/C18H20FN3O3/c1-20-8-10-21(11-9-20)17-7-6-15(22(24)25)12-16(17)18(23)13-2-4-14(19)5-3-13/h2-7,12,18,23H,8-11H2,1H3. The molecule has 2 aromatic carbocycles. The smallest absolute Gasteiger partial charge is 0.269 e. The third-order valence-electron chi connectivity index (χ3n) is 4.55. The first-order valence-corrected chi connectivity index (χ1v) is 8.11. The lowest BCUT2D eigenvalue weighted by Gasteiger charge is -2.35. The molecule has 1 N–H and O–H groups in total. The number of aliphatic hydroxyl groups excluding tert-OH is 1. The van der Waals surface area contributed by atoms with Gasteiger partial charge >= 0.3 is 0 Å². The van der Waals surface area contributed by atoms with Gasteiger partial charge in [0.2, 0.25) is 0 Å². The number of non-ortho nitro benzene ring substituents is 1. The Morgan fingerprint density at radius 1 is 1.12 bits per heavy atom. The number of hydrogen-bond acceptors (Lipinski definition) is 5. The highest BCUT2D eigenvalue weighted by Gasteiger charge is 2.24. The van der Waals surface area contributed by atoms with Crippen molar-refractivity contribution in [2.24, 2.45) is 0 Å². The fraction of sp³-hybridized carbons (Fsp3) is 0.333. The van der Waals surface area contributed by atoms with Gasteiger partial charge in [-0.2, -0.15) is 0 Å². The second kappa shape index (κ2) is 7.16. The van der Waals surface area contributed by atoms with Crippen LogP contribution in [0.15, 0.2) is 42.5 Å². The van der Waals surface area contributed by atoms with Gasteiger partial charge in [0.05, 0.1) is 4.92 Å². The molecule has 0 spiro atoms. The van der Waals surface area contributed by atoms with Crippen molar-refractivity contribution in [3.8, 4) is 0 Å². The number of piperazine rings is 1. The predicted octanol–water partition coefficient (Wildman–Crippen LogP) is 2.57. The monoisotopic (exact) mass is 345 g/mol. The first-order valence-electron chi connectivity index (χ1n) is 8.11.